The van der Waals surface area contributed by atoms with Gasteiger partial charge in [0.05, 0.1) is 5.69 Å². The first-order chi connectivity index (χ1) is 13.9. The summed E-state index contributed by atoms with van der Waals surface area (Å²) in [4.78, 5) is 54.5. The summed E-state index contributed by atoms with van der Waals surface area (Å²) < 4.78 is 3.12. The van der Waals surface area contributed by atoms with E-state index in [0.717, 1.165) is 13.9 Å². The van der Waals surface area contributed by atoms with Crippen molar-refractivity contribution in [2.75, 3.05) is 26.2 Å². The molecule has 2 rings (SSSR count). The molecule has 0 saturated carbocycles. The Bertz CT molecular complexity index is 892. The Labute approximate surface area is 169 Å². The van der Waals surface area contributed by atoms with E-state index in [1.54, 1.807) is 40.1 Å². The molecule has 1 heterocycles. The van der Waals surface area contributed by atoms with Crippen molar-refractivity contribution in [1.82, 2.24) is 23.7 Å². The molecule has 0 unspecified atom stereocenters. The van der Waals surface area contributed by atoms with Gasteiger partial charge in [0.15, 0.2) is 0 Å². The van der Waals surface area contributed by atoms with Crippen molar-refractivity contribution in [3.05, 3.63) is 51.3 Å². The Morgan fingerprint density at radius 3 is 1.45 bits per heavy atom. The summed E-state index contributed by atoms with van der Waals surface area (Å²) in [7, 11) is 0. The summed E-state index contributed by atoms with van der Waals surface area (Å²) in [5, 5.41) is 0. The van der Waals surface area contributed by atoms with Crippen LogP contribution in [0.2, 0.25) is 0 Å². The molecule has 9 heteroatoms. The van der Waals surface area contributed by atoms with E-state index in [2.05, 4.69) is 0 Å². The normalized spacial score (nSPS) is 10.8. The fourth-order valence-corrected chi connectivity index (χ4v) is 3.23. The summed E-state index contributed by atoms with van der Waals surface area (Å²) in [6, 6.07) is 8.47. The maximum atomic E-state index is 13.0. The van der Waals surface area contributed by atoms with Gasteiger partial charge in [0.25, 0.3) is 0 Å². The lowest BCUT2D eigenvalue weighted by atomic mass is 10.3. The van der Waals surface area contributed by atoms with Gasteiger partial charge in [0.2, 0.25) is 11.8 Å². The third-order valence-corrected chi connectivity index (χ3v) is 4.93. The van der Waals surface area contributed by atoms with E-state index in [-0.39, 0.29) is 24.9 Å². The highest BCUT2D eigenvalue weighted by molar-refractivity contribution is 5.77. The zero-order valence-electron chi connectivity index (χ0n) is 17.5. The molecule has 0 fully saturated rings. The summed E-state index contributed by atoms with van der Waals surface area (Å²) in [5.74, 6) is -0.572. The van der Waals surface area contributed by atoms with Crippen LogP contribution in [-0.2, 0) is 22.7 Å². The van der Waals surface area contributed by atoms with Gasteiger partial charge in [-0.15, -0.1) is 0 Å². The second-order valence-electron chi connectivity index (χ2n) is 6.48. The topological polar surface area (TPSA) is 89.5 Å². The van der Waals surface area contributed by atoms with Crippen molar-refractivity contribution in [1.29, 1.82) is 0 Å². The molecule has 1 aromatic carbocycles. The van der Waals surface area contributed by atoms with E-state index in [0.29, 0.717) is 31.9 Å². The minimum atomic E-state index is -0.644. The summed E-state index contributed by atoms with van der Waals surface area (Å²) in [6.45, 7) is 8.73. The minimum Gasteiger partial charge on any atom is -0.342 e. The van der Waals surface area contributed by atoms with Crippen LogP contribution < -0.4 is 11.4 Å². The first-order valence-corrected chi connectivity index (χ1v) is 9.93. The first-order valence-electron chi connectivity index (χ1n) is 9.93. The number of carbonyl (C=O) groups is 2. The molecule has 0 aliphatic rings. The van der Waals surface area contributed by atoms with Gasteiger partial charge in [-0.1, -0.05) is 18.2 Å². The molecule has 2 aromatic rings. The molecule has 0 aliphatic heterocycles. The Hall–Kier alpha value is -3.10. The lowest BCUT2D eigenvalue weighted by Crippen LogP contribution is -2.41. The van der Waals surface area contributed by atoms with Crippen LogP contribution in [0.4, 0.5) is 0 Å². The minimum absolute atomic E-state index is 0.286. The van der Waals surface area contributed by atoms with Gasteiger partial charge in [-0.2, -0.15) is 0 Å². The molecule has 29 heavy (non-hydrogen) atoms. The molecule has 158 valence electrons. The number of benzene rings is 1. The van der Waals surface area contributed by atoms with Crippen LogP contribution in [0.15, 0.2) is 39.9 Å². The Morgan fingerprint density at radius 2 is 1.10 bits per heavy atom. The van der Waals surface area contributed by atoms with Crippen molar-refractivity contribution in [3.8, 4) is 5.69 Å². The molecule has 0 saturated heterocycles. The van der Waals surface area contributed by atoms with E-state index in [1.165, 1.54) is 0 Å². The summed E-state index contributed by atoms with van der Waals surface area (Å²) in [5.41, 5.74) is -0.899. The van der Waals surface area contributed by atoms with Crippen molar-refractivity contribution in [3.63, 3.8) is 0 Å². The van der Waals surface area contributed by atoms with Crippen LogP contribution in [0.1, 0.15) is 27.7 Å². The van der Waals surface area contributed by atoms with Crippen LogP contribution in [-0.4, -0.2) is 61.7 Å². The molecule has 0 N–H and O–H groups in total. The number of hydrogen-bond donors (Lipinski definition) is 0. The van der Waals surface area contributed by atoms with Crippen molar-refractivity contribution >= 4 is 11.8 Å². The van der Waals surface area contributed by atoms with Crippen LogP contribution >= 0.6 is 0 Å². The van der Waals surface area contributed by atoms with E-state index in [4.69, 9.17) is 0 Å². The number of likely N-dealkylation sites (N-methyl/N-ethyl adjacent to an activating group) is 2. The highest BCUT2D eigenvalue weighted by Crippen LogP contribution is 2.02. The number of nitrogens with zero attached hydrogens (tertiary/aromatic N) is 5. The molecular weight excluding hydrogens is 374 g/mol. The predicted octanol–water partition coefficient (Wildman–Crippen LogP) is 0.538. The Kier molecular flexibility index (Phi) is 7.58. The molecule has 2 amide bonds. The molecule has 1 aromatic heterocycles. The van der Waals surface area contributed by atoms with Gasteiger partial charge < -0.3 is 9.80 Å². The highest BCUT2D eigenvalue weighted by Gasteiger charge is 2.23. The molecule has 0 radical (unpaired) electrons. The summed E-state index contributed by atoms with van der Waals surface area (Å²) >= 11 is 0. The average molecular weight is 403 g/mol. The number of carbonyl (C=O) groups excluding carboxylic acids is 2. The summed E-state index contributed by atoms with van der Waals surface area (Å²) in [6.07, 6.45) is 0. The maximum absolute atomic E-state index is 13.0. The predicted molar refractivity (Wildman–Crippen MR) is 110 cm³/mol. The van der Waals surface area contributed by atoms with Crippen LogP contribution in [0.3, 0.4) is 0 Å². The number of rotatable bonds is 9. The Morgan fingerprint density at radius 1 is 0.724 bits per heavy atom. The first kappa shape index (κ1) is 22.2. The fourth-order valence-electron chi connectivity index (χ4n) is 3.23. The molecule has 0 atom stereocenters. The SMILES string of the molecule is CCN(CC)C(=O)Cn1c(=O)n(-c2ccccc2)c(=O)n1CC(=O)N(CC)CC. The molecule has 0 spiro atoms. The fraction of sp³-hybridized carbons (Fsp3) is 0.500. The van der Waals surface area contributed by atoms with Crippen LogP contribution in [0.5, 0.6) is 0 Å². The third kappa shape index (κ3) is 4.67. The largest absolute Gasteiger partial charge is 0.352 e. The van der Waals surface area contributed by atoms with Crippen molar-refractivity contribution in [2.24, 2.45) is 0 Å². The molecule has 9 nitrogen and oxygen atoms in total. The van der Waals surface area contributed by atoms with Gasteiger partial charge >= 0.3 is 11.4 Å². The van der Waals surface area contributed by atoms with Gasteiger partial charge in [-0.05, 0) is 39.8 Å². The van der Waals surface area contributed by atoms with E-state index >= 15 is 0 Å². The second kappa shape index (κ2) is 9.90. The number of aromatic nitrogens is 3. The zero-order valence-corrected chi connectivity index (χ0v) is 17.5. The Balaban J connectivity index is 2.57. The zero-order chi connectivity index (χ0) is 21.6. The maximum Gasteiger partial charge on any atom is 0.352 e. The quantitative estimate of drug-likeness (QED) is 0.611. The second-order valence-corrected chi connectivity index (χ2v) is 6.48. The van der Waals surface area contributed by atoms with Crippen LogP contribution in [0.25, 0.3) is 5.69 Å². The van der Waals surface area contributed by atoms with Gasteiger partial charge in [0, 0.05) is 26.2 Å². The van der Waals surface area contributed by atoms with Gasteiger partial charge in [0.1, 0.15) is 13.1 Å². The lowest BCUT2D eigenvalue weighted by molar-refractivity contribution is -0.134. The third-order valence-electron chi connectivity index (χ3n) is 4.93. The highest BCUT2D eigenvalue weighted by atomic mass is 16.2. The van der Waals surface area contributed by atoms with E-state index in [9.17, 15) is 19.2 Å². The number of amides is 2. The standard InChI is InChI=1S/C20H29N5O4/c1-5-21(6-2)17(26)14-23-19(28)25(16-12-10-9-11-13-16)20(29)24(23)15-18(27)22(7-3)8-4/h9-13H,5-8,14-15H2,1-4H3. The van der Waals surface area contributed by atoms with Crippen molar-refractivity contribution < 1.29 is 9.59 Å². The monoisotopic (exact) mass is 403 g/mol. The molecular formula is C20H29N5O4. The molecule has 0 bridgehead atoms. The van der Waals surface area contributed by atoms with E-state index in [1.807, 2.05) is 27.7 Å². The van der Waals surface area contributed by atoms with E-state index < -0.39 is 11.4 Å². The number of para-hydroxylation sites is 1. The smallest absolute Gasteiger partial charge is 0.342 e. The van der Waals surface area contributed by atoms with Crippen molar-refractivity contribution in [2.45, 2.75) is 40.8 Å². The van der Waals surface area contributed by atoms with Gasteiger partial charge in [-0.3, -0.25) is 9.59 Å². The molecule has 0 aliphatic carbocycles. The number of hydrogen-bond acceptors (Lipinski definition) is 4. The average Bonchev–Trinajstić information content (AvgIpc) is 2.94. The van der Waals surface area contributed by atoms with Crippen LogP contribution in [0, 0.1) is 0 Å². The lowest BCUT2D eigenvalue weighted by Gasteiger charge is -2.21. The van der Waals surface area contributed by atoms with Gasteiger partial charge in [-0.25, -0.2) is 23.5 Å².